The van der Waals surface area contributed by atoms with Crippen molar-refractivity contribution in [1.82, 2.24) is 9.97 Å². The molecule has 0 aliphatic carbocycles. The Bertz CT molecular complexity index is 1710. The van der Waals surface area contributed by atoms with Crippen LogP contribution in [-0.2, 0) is 0 Å². The number of hydrogen-bond acceptors (Lipinski definition) is 4. The molecule has 1 aromatic heterocycles. The molecule has 0 saturated carbocycles. The Balaban J connectivity index is 1.51. The lowest BCUT2D eigenvalue weighted by Gasteiger charge is -2.44. The molecule has 2 aliphatic heterocycles. The lowest BCUT2D eigenvalue weighted by atomic mass is 9.33. The first-order valence-electron chi connectivity index (χ1n) is 13.2. The molecule has 0 N–H and O–H groups in total. The molecule has 8 rings (SSSR count). The molecule has 0 unspecified atom stereocenters. The molecule has 182 valence electrons. The second-order valence-electron chi connectivity index (χ2n) is 9.91. The third kappa shape index (κ3) is 3.33. The van der Waals surface area contributed by atoms with Gasteiger partial charge in [-0.3, -0.25) is 9.97 Å². The van der Waals surface area contributed by atoms with E-state index in [-0.39, 0.29) is 6.71 Å². The van der Waals surface area contributed by atoms with E-state index in [1.165, 1.54) is 39.1 Å². The van der Waals surface area contributed by atoms with E-state index in [4.69, 9.17) is 4.98 Å². The molecule has 3 heterocycles. The second-order valence-corrected chi connectivity index (χ2v) is 9.91. The zero-order valence-corrected chi connectivity index (χ0v) is 21.1. The lowest BCUT2D eigenvalue weighted by molar-refractivity contribution is 1.20. The molecule has 39 heavy (non-hydrogen) atoms. The molecule has 5 aromatic carbocycles. The highest BCUT2D eigenvalue weighted by molar-refractivity contribution is 7.00. The van der Waals surface area contributed by atoms with E-state index < -0.39 is 0 Å². The summed E-state index contributed by atoms with van der Waals surface area (Å²) in [6.07, 6.45) is 5.33. The SMILES string of the molecule is c1ccc(N2c3ccccc3B3c4ccccc4N(c4ccccc4)c4cc(-c5cnccn5)cc2c43)cc1. The van der Waals surface area contributed by atoms with Gasteiger partial charge in [-0.2, -0.15) is 0 Å². The molecule has 0 fully saturated rings. The minimum atomic E-state index is 0.109. The fraction of sp³-hybridized carbons (Fsp3) is 0. The highest BCUT2D eigenvalue weighted by Gasteiger charge is 2.43. The van der Waals surface area contributed by atoms with Gasteiger partial charge < -0.3 is 9.80 Å². The highest BCUT2D eigenvalue weighted by Crippen LogP contribution is 2.45. The number of aromatic nitrogens is 2. The van der Waals surface area contributed by atoms with Crippen LogP contribution >= 0.6 is 0 Å². The van der Waals surface area contributed by atoms with Gasteiger partial charge in [-0.15, -0.1) is 0 Å². The first-order valence-corrected chi connectivity index (χ1v) is 13.2. The van der Waals surface area contributed by atoms with Crippen molar-refractivity contribution in [3.05, 3.63) is 140 Å². The summed E-state index contributed by atoms with van der Waals surface area (Å²) in [5, 5.41) is 0. The summed E-state index contributed by atoms with van der Waals surface area (Å²) >= 11 is 0. The van der Waals surface area contributed by atoms with Crippen molar-refractivity contribution in [3.63, 3.8) is 0 Å². The Labute approximate surface area is 227 Å². The molecular weight excluding hydrogens is 475 g/mol. The van der Waals surface area contributed by atoms with Gasteiger partial charge in [-0.1, -0.05) is 72.8 Å². The van der Waals surface area contributed by atoms with Crippen LogP contribution < -0.4 is 26.2 Å². The number of para-hydroxylation sites is 4. The van der Waals surface area contributed by atoms with Gasteiger partial charge in [0.2, 0.25) is 0 Å². The molecule has 2 aliphatic rings. The van der Waals surface area contributed by atoms with Crippen LogP contribution in [0.5, 0.6) is 0 Å². The van der Waals surface area contributed by atoms with Crippen LogP contribution in [0.2, 0.25) is 0 Å². The standard InChI is InChI=1S/C34H23BN4/c1-3-11-25(12-4-1)38-30-17-9-7-15-27(30)35-28-16-8-10-18-31(28)39(26-13-5-2-6-14-26)33-22-24(21-32(38)34(33)35)29-23-36-19-20-37-29/h1-23H. The van der Waals surface area contributed by atoms with Gasteiger partial charge in [0.15, 0.2) is 0 Å². The topological polar surface area (TPSA) is 32.3 Å². The Kier molecular flexibility index (Phi) is 4.89. The van der Waals surface area contributed by atoms with E-state index in [1.54, 1.807) is 12.4 Å². The summed E-state index contributed by atoms with van der Waals surface area (Å²) in [6, 6.07) is 43.5. The second kappa shape index (κ2) is 8.71. The summed E-state index contributed by atoms with van der Waals surface area (Å²) in [6.45, 7) is 0.109. The zero-order valence-electron chi connectivity index (χ0n) is 21.1. The lowest BCUT2D eigenvalue weighted by Crippen LogP contribution is -2.61. The van der Waals surface area contributed by atoms with E-state index in [9.17, 15) is 0 Å². The number of hydrogen-bond donors (Lipinski definition) is 0. The van der Waals surface area contributed by atoms with E-state index in [2.05, 4.69) is 136 Å². The molecule has 4 nitrogen and oxygen atoms in total. The van der Waals surface area contributed by atoms with Crippen LogP contribution in [0.1, 0.15) is 0 Å². The fourth-order valence-electron chi connectivity index (χ4n) is 6.20. The van der Waals surface area contributed by atoms with Crippen molar-refractivity contribution in [2.75, 3.05) is 9.80 Å². The van der Waals surface area contributed by atoms with Crippen LogP contribution in [0.25, 0.3) is 11.3 Å². The number of nitrogens with zero attached hydrogens (tertiary/aromatic N) is 4. The largest absolute Gasteiger partial charge is 0.311 e. The van der Waals surface area contributed by atoms with Crippen LogP contribution in [0.3, 0.4) is 0 Å². The van der Waals surface area contributed by atoms with E-state index in [1.807, 2.05) is 6.20 Å². The molecular formula is C34H23BN4. The molecule has 0 atom stereocenters. The minimum Gasteiger partial charge on any atom is -0.311 e. The third-order valence-corrected chi connectivity index (χ3v) is 7.77. The van der Waals surface area contributed by atoms with Gasteiger partial charge >= 0.3 is 0 Å². The maximum absolute atomic E-state index is 4.70. The molecule has 0 amide bonds. The van der Waals surface area contributed by atoms with Crippen molar-refractivity contribution in [3.8, 4) is 11.3 Å². The molecule has 0 radical (unpaired) electrons. The predicted molar refractivity (Wildman–Crippen MR) is 161 cm³/mol. The summed E-state index contributed by atoms with van der Waals surface area (Å²) in [5.74, 6) is 0. The summed E-state index contributed by atoms with van der Waals surface area (Å²) in [4.78, 5) is 13.9. The summed E-state index contributed by atoms with van der Waals surface area (Å²) < 4.78 is 0. The smallest absolute Gasteiger partial charge is 0.252 e. The van der Waals surface area contributed by atoms with Crippen molar-refractivity contribution in [1.29, 1.82) is 0 Å². The average molecular weight is 498 g/mol. The van der Waals surface area contributed by atoms with Crippen LogP contribution in [0.15, 0.2) is 140 Å². The molecule has 5 heteroatoms. The maximum atomic E-state index is 4.70. The van der Waals surface area contributed by atoms with Gasteiger partial charge in [-0.05, 0) is 64.9 Å². The third-order valence-electron chi connectivity index (χ3n) is 7.77. The molecule has 0 saturated heterocycles. The van der Waals surface area contributed by atoms with E-state index >= 15 is 0 Å². The van der Waals surface area contributed by atoms with Gasteiger partial charge in [0.05, 0.1) is 11.9 Å². The van der Waals surface area contributed by atoms with Gasteiger partial charge in [0.25, 0.3) is 6.71 Å². The first kappa shape index (κ1) is 21.9. The number of benzene rings is 5. The van der Waals surface area contributed by atoms with Gasteiger partial charge in [0.1, 0.15) is 0 Å². The average Bonchev–Trinajstić information content (AvgIpc) is 3.02. The highest BCUT2D eigenvalue weighted by atomic mass is 15.2. The first-order chi connectivity index (χ1) is 19.4. The van der Waals surface area contributed by atoms with Crippen LogP contribution in [-0.4, -0.2) is 16.7 Å². The van der Waals surface area contributed by atoms with Crippen molar-refractivity contribution in [2.45, 2.75) is 0 Å². The maximum Gasteiger partial charge on any atom is 0.252 e. The normalized spacial score (nSPS) is 13.0. The zero-order chi connectivity index (χ0) is 25.8. The van der Waals surface area contributed by atoms with E-state index in [0.29, 0.717) is 0 Å². The van der Waals surface area contributed by atoms with Crippen molar-refractivity contribution >= 4 is 57.2 Å². The van der Waals surface area contributed by atoms with Crippen molar-refractivity contribution in [2.24, 2.45) is 0 Å². The number of rotatable bonds is 3. The summed E-state index contributed by atoms with van der Waals surface area (Å²) in [5.41, 5.74) is 12.8. The molecule has 0 bridgehead atoms. The summed E-state index contributed by atoms with van der Waals surface area (Å²) in [7, 11) is 0. The van der Waals surface area contributed by atoms with Crippen LogP contribution in [0.4, 0.5) is 34.1 Å². The number of fused-ring (bicyclic) bond motifs is 4. The Hall–Kier alpha value is -5.16. The van der Waals surface area contributed by atoms with Gasteiger partial charge in [0, 0.05) is 52.1 Å². The van der Waals surface area contributed by atoms with Crippen LogP contribution in [0, 0.1) is 0 Å². The Morgan fingerprint density at radius 3 is 1.54 bits per heavy atom. The number of anilines is 6. The molecule has 0 spiro atoms. The molecule has 6 aromatic rings. The Morgan fingerprint density at radius 2 is 1.03 bits per heavy atom. The minimum absolute atomic E-state index is 0.109. The van der Waals surface area contributed by atoms with Crippen molar-refractivity contribution < 1.29 is 0 Å². The fourth-order valence-corrected chi connectivity index (χ4v) is 6.20. The Morgan fingerprint density at radius 1 is 0.513 bits per heavy atom. The predicted octanol–water partition coefficient (Wildman–Crippen LogP) is 6.23. The van der Waals surface area contributed by atoms with Gasteiger partial charge in [-0.25, -0.2) is 0 Å². The quantitative estimate of drug-likeness (QED) is 0.271. The van der Waals surface area contributed by atoms with E-state index in [0.717, 1.165) is 22.6 Å². The monoisotopic (exact) mass is 498 g/mol.